The van der Waals surface area contributed by atoms with E-state index in [0.717, 1.165) is 11.8 Å². The normalized spacial score (nSPS) is 14.4. The average Bonchev–Trinajstić information content (AvgIpc) is 2.43. The van der Waals surface area contributed by atoms with E-state index in [1.807, 2.05) is 0 Å². The Bertz CT molecular complexity index is 173. The minimum atomic E-state index is 0.957. The van der Waals surface area contributed by atoms with Gasteiger partial charge in [0.25, 0.3) is 0 Å². The molecule has 2 unspecified atom stereocenters. The lowest BCUT2D eigenvalue weighted by atomic mass is 9.85. The highest BCUT2D eigenvalue weighted by molar-refractivity contribution is 4.65. The van der Waals surface area contributed by atoms with Gasteiger partial charge in [-0.05, 0) is 18.3 Å². The summed E-state index contributed by atoms with van der Waals surface area (Å²) in [5.74, 6) is 1.97. The van der Waals surface area contributed by atoms with Crippen LogP contribution >= 0.6 is 0 Å². The highest BCUT2D eigenvalue weighted by Crippen LogP contribution is 2.26. The second kappa shape index (κ2) is 15.4. The summed E-state index contributed by atoms with van der Waals surface area (Å²) in [7, 11) is 0. The summed E-state index contributed by atoms with van der Waals surface area (Å²) < 4.78 is 0. The fourth-order valence-corrected chi connectivity index (χ4v) is 3.43. The third-order valence-corrected chi connectivity index (χ3v) is 4.70. The molecule has 0 radical (unpaired) electrons. The molecule has 0 N–H and O–H groups in total. The Morgan fingerprint density at radius 2 is 1.10 bits per heavy atom. The van der Waals surface area contributed by atoms with Crippen LogP contribution in [0.1, 0.15) is 118 Å². The molecule has 0 fully saturated rings. The van der Waals surface area contributed by atoms with Crippen LogP contribution in [-0.4, -0.2) is 0 Å². The van der Waals surface area contributed by atoms with E-state index in [9.17, 15) is 0 Å². The summed E-state index contributed by atoms with van der Waals surface area (Å²) in [4.78, 5) is 0. The predicted octanol–water partition coefficient (Wildman–Crippen LogP) is 7.76. The van der Waals surface area contributed by atoms with Crippen molar-refractivity contribution in [3.8, 4) is 0 Å². The average molecular weight is 283 g/mol. The van der Waals surface area contributed by atoms with Crippen molar-refractivity contribution in [3.05, 3.63) is 0 Å². The first kappa shape index (κ1) is 20.0. The second-order valence-electron chi connectivity index (χ2n) is 7.05. The molecule has 0 aromatic rings. The van der Waals surface area contributed by atoms with E-state index in [-0.39, 0.29) is 0 Å². The maximum atomic E-state index is 2.49. The first-order valence-electron chi connectivity index (χ1n) is 9.74. The van der Waals surface area contributed by atoms with Crippen LogP contribution in [0.25, 0.3) is 0 Å². The van der Waals surface area contributed by atoms with Gasteiger partial charge in [0, 0.05) is 0 Å². The molecule has 0 spiro atoms. The van der Waals surface area contributed by atoms with Crippen LogP contribution in [0.2, 0.25) is 0 Å². The molecule has 0 aliphatic rings. The van der Waals surface area contributed by atoms with E-state index in [1.165, 1.54) is 89.9 Å². The lowest BCUT2D eigenvalue weighted by molar-refractivity contribution is 0.320. The first-order valence-corrected chi connectivity index (χ1v) is 9.74. The van der Waals surface area contributed by atoms with E-state index in [4.69, 9.17) is 0 Å². The molecule has 0 heteroatoms. The molecule has 0 heterocycles. The van der Waals surface area contributed by atoms with Gasteiger partial charge in [-0.2, -0.15) is 0 Å². The van der Waals surface area contributed by atoms with E-state index in [0.29, 0.717) is 0 Å². The van der Waals surface area contributed by atoms with Crippen LogP contribution in [-0.2, 0) is 0 Å². The van der Waals surface area contributed by atoms with Crippen molar-refractivity contribution in [2.75, 3.05) is 0 Å². The fraction of sp³-hybridized carbons (Fsp3) is 1.00. The van der Waals surface area contributed by atoms with Gasteiger partial charge < -0.3 is 0 Å². The molecule has 0 nitrogen and oxygen atoms in total. The van der Waals surface area contributed by atoms with Gasteiger partial charge in [-0.15, -0.1) is 0 Å². The minimum absolute atomic E-state index is 0.957. The van der Waals surface area contributed by atoms with E-state index < -0.39 is 0 Å². The number of rotatable bonds is 15. The van der Waals surface area contributed by atoms with Crippen molar-refractivity contribution >= 4 is 0 Å². The van der Waals surface area contributed by atoms with Gasteiger partial charge in [0.05, 0.1) is 0 Å². The van der Waals surface area contributed by atoms with Gasteiger partial charge in [-0.25, -0.2) is 0 Å². The summed E-state index contributed by atoms with van der Waals surface area (Å²) >= 11 is 0. The van der Waals surface area contributed by atoms with Gasteiger partial charge in [0.15, 0.2) is 0 Å². The van der Waals surface area contributed by atoms with Crippen molar-refractivity contribution in [2.45, 2.75) is 118 Å². The zero-order valence-electron chi connectivity index (χ0n) is 15.1. The van der Waals surface area contributed by atoms with Crippen molar-refractivity contribution < 1.29 is 0 Å². The Morgan fingerprint density at radius 1 is 0.550 bits per heavy atom. The van der Waals surface area contributed by atoms with Gasteiger partial charge in [0.2, 0.25) is 0 Å². The van der Waals surface area contributed by atoms with Crippen molar-refractivity contribution in [1.29, 1.82) is 0 Å². The summed E-state index contributed by atoms with van der Waals surface area (Å²) in [6, 6.07) is 0. The lowest BCUT2D eigenvalue weighted by Crippen LogP contribution is -2.07. The van der Waals surface area contributed by atoms with Crippen LogP contribution < -0.4 is 0 Å². The van der Waals surface area contributed by atoms with Gasteiger partial charge >= 0.3 is 0 Å². The third-order valence-electron chi connectivity index (χ3n) is 4.70. The molecule has 122 valence electrons. The molecule has 0 saturated heterocycles. The van der Waals surface area contributed by atoms with Crippen molar-refractivity contribution in [1.82, 2.24) is 0 Å². The number of hydrogen-bond donors (Lipinski definition) is 0. The molecule has 0 aliphatic heterocycles. The van der Waals surface area contributed by atoms with Crippen LogP contribution in [0.4, 0.5) is 0 Å². The molecule has 0 aliphatic carbocycles. The van der Waals surface area contributed by atoms with E-state index in [2.05, 4.69) is 27.7 Å². The number of unbranched alkanes of at least 4 members (excludes halogenated alkanes) is 7. The van der Waals surface area contributed by atoms with E-state index >= 15 is 0 Å². The molecule has 0 rings (SSSR count). The van der Waals surface area contributed by atoms with Crippen LogP contribution in [0, 0.1) is 11.8 Å². The Hall–Kier alpha value is 0. The monoisotopic (exact) mass is 282 g/mol. The first-order chi connectivity index (χ1) is 9.74. The van der Waals surface area contributed by atoms with Crippen LogP contribution in [0.15, 0.2) is 0 Å². The van der Waals surface area contributed by atoms with Crippen molar-refractivity contribution in [2.24, 2.45) is 11.8 Å². The summed E-state index contributed by atoms with van der Waals surface area (Å²) in [6.07, 6.45) is 20.2. The quantitative estimate of drug-likeness (QED) is 0.269. The molecular formula is C20H42. The minimum Gasteiger partial charge on any atom is -0.0654 e. The zero-order valence-corrected chi connectivity index (χ0v) is 15.1. The Balaban J connectivity index is 3.70. The van der Waals surface area contributed by atoms with Gasteiger partial charge in [0.1, 0.15) is 0 Å². The topological polar surface area (TPSA) is 0 Å². The molecule has 0 bridgehead atoms. The van der Waals surface area contributed by atoms with E-state index in [1.54, 1.807) is 0 Å². The Labute approximate surface area is 130 Å². The molecule has 0 aromatic carbocycles. The van der Waals surface area contributed by atoms with Gasteiger partial charge in [-0.1, -0.05) is 111 Å². The maximum Gasteiger partial charge on any atom is -0.0412 e. The molecule has 2 atom stereocenters. The van der Waals surface area contributed by atoms with Crippen molar-refractivity contribution in [3.63, 3.8) is 0 Å². The predicted molar refractivity (Wildman–Crippen MR) is 94.3 cm³/mol. The van der Waals surface area contributed by atoms with Crippen LogP contribution in [0.5, 0.6) is 0 Å². The highest BCUT2D eigenvalue weighted by Gasteiger charge is 2.12. The zero-order chi connectivity index (χ0) is 15.1. The largest absolute Gasteiger partial charge is 0.0654 e. The highest BCUT2D eigenvalue weighted by atomic mass is 14.2. The lowest BCUT2D eigenvalue weighted by Gasteiger charge is -2.20. The summed E-state index contributed by atoms with van der Waals surface area (Å²) in [5.41, 5.74) is 0. The standard InChI is InChI=1S/C20H42/c1-5-8-10-12-14-17-20(15-7-3)18-19(4)16-13-11-9-6-2/h19-20H,5-18H2,1-4H3. The number of hydrogen-bond acceptors (Lipinski definition) is 0. The Kier molecular flexibility index (Phi) is 15.4. The fourth-order valence-electron chi connectivity index (χ4n) is 3.43. The molecule has 0 saturated carbocycles. The maximum absolute atomic E-state index is 2.49. The molecule has 0 amide bonds. The third kappa shape index (κ3) is 13.0. The smallest absolute Gasteiger partial charge is 0.0412 e. The van der Waals surface area contributed by atoms with Crippen LogP contribution in [0.3, 0.4) is 0 Å². The molecule has 20 heavy (non-hydrogen) atoms. The second-order valence-corrected chi connectivity index (χ2v) is 7.05. The Morgan fingerprint density at radius 3 is 1.70 bits per heavy atom. The van der Waals surface area contributed by atoms with Gasteiger partial charge in [-0.3, -0.25) is 0 Å². The molecule has 0 aromatic heterocycles. The molecular weight excluding hydrogens is 240 g/mol. The summed E-state index contributed by atoms with van der Waals surface area (Å²) in [5, 5.41) is 0. The SMILES string of the molecule is CCCCCCCC(CCC)CC(C)CCCCCC. The summed E-state index contributed by atoms with van der Waals surface area (Å²) in [6.45, 7) is 9.46.